The summed E-state index contributed by atoms with van der Waals surface area (Å²) in [5.74, 6) is -0.576. The third kappa shape index (κ3) is 2.30. The standard InChI is InChI=1S/C9H10N2O2S/c1-3-13-9(12)7(4-10)8-11-6(2)5-14-8/h5,11H,3H2,1-2H3. The van der Waals surface area contributed by atoms with Crippen molar-refractivity contribution in [1.82, 2.24) is 5.32 Å². The molecule has 0 saturated heterocycles. The van der Waals surface area contributed by atoms with Crippen LogP contribution in [0.1, 0.15) is 13.8 Å². The fraction of sp³-hybridized carbons (Fsp3) is 0.333. The van der Waals surface area contributed by atoms with Crippen molar-refractivity contribution in [3.8, 4) is 6.07 Å². The van der Waals surface area contributed by atoms with E-state index in [1.165, 1.54) is 11.8 Å². The van der Waals surface area contributed by atoms with Crippen molar-refractivity contribution < 1.29 is 9.53 Å². The summed E-state index contributed by atoms with van der Waals surface area (Å²) in [5, 5.41) is 14.1. The van der Waals surface area contributed by atoms with Gasteiger partial charge in [0.15, 0.2) is 5.57 Å². The summed E-state index contributed by atoms with van der Waals surface area (Å²) >= 11 is 1.32. The molecular formula is C9H10N2O2S. The molecule has 0 atom stereocenters. The van der Waals surface area contributed by atoms with Crippen molar-refractivity contribution in [3.05, 3.63) is 21.7 Å². The molecule has 0 aromatic carbocycles. The third-order valence-corrected chi connectivity index (χ3v) is 2.50. The number of allylic oxidation sites excluding steroid dienone is 1. The molecule has 5 heteroatoms. The van der Waals surface area contributed by atoms with E-state index in [2.05, 4.69) is 5.32 Å². The molecule has 1 heterocycles. The van der Waals surface area contributed by atoms with E-state index in [0.29, 0.717) is 5.03 Å². The van der Waals surface area contributed by atoms with Gasteiger partial charge in [0.1, 0.15) is 11.1 Å². The van der Waals surface area contributed by atoms with Gasteiger partial charge in [0.2, 0.25) is 0 Å². The van der Waals surface area contributed by atoms with Gasteiger partial charge >= 0.3 is 5.97 Å². The lowest BCUT2D eigenvalue weighted by Gasteiger charge is -2.03. The number of nitrogens with zero attached hydrogens (tertiary/aromatic N) is 1. The summed E-state index contributed by atoms with van der Waals surface area (Å²) in [6.07, 6.45) is 0. The van der Waals surface area contributed by atoms with Crippen molar-refractivity contribution in [3.63, 3.8) is 0 Å². The molecule has 14 heavy (non-hydrogen) atoms. The monoisotopic (exact) mass is 210 g/mol. The Bertz CT molecular complexity index is 352. The van der Waals surface area contributed by atoms with Crippen LogP contribution in [0.4, 0.5) is 0 Å². The van der Waals surface area contributed by atoms with Crippen LogP contribution in [0.5, 0.6) is 0 Å². The van der Waals surface area contributed by atoms with E-state index in [4.69, 9.17) is 10.00 Å². The Morgan fingerprint density at radius 2 is 2.50 bits per heavy atom. The van der Waals surface area contributed by atoms with E-state index >= 15 is 0 Å². The summed E-state index contributed by atoms with van der Waals surface area (Å²) in [7, 11) is 0. The van der Waals surface area contributed by atoms with Gasteiger partial charge in [-0.05, 0) is 19.3 Å². The van der Waals surface area contributed by atoms with Crippen molar-refractivity contribution in [1.29, 1.82) is 5.26 Å². The first-order chi connectivity index (χ1) is 6.69. The van der Waals surface area contributed by atoms with Crippen molar-refractivity contribution in [2.24, 2.45) is 0 Å². The summed E-state index contributed by atoms with van der Waals surface area (Å²) in [4.78, 5) is 11.3. The number of thioether (sulfide) groups is 1. The Balaban J connectivity index is 2.83. The topological polar surface area (TPSA) is 62.1 Å². The summed E-state index contributed by atoms with van der Waals surface area (Å²) in [6, 6.07) is 1.84. The van der Waals surface area contributed by atoms with Gasteiger partial charge in [-0.3, -0.25) is 0 Å². The molecule has 0 saturated carbocycles. The fourth-order valence-electron chi connectivity index (χ4n) is 0.899. The van der Waals surface area contributed by atoms with Crippen molar-refractivity contribution in [2.75, 3.05) is 6.61 Å². The first-order valence-corrected chi connectivity index (χ1v) is 4.99. The van der Waals surface area contributed by atoms with Gasteiger partial charge in [0.05, 0.1) is 6.61 Å². The Kier molecular flexibility index (Phi) is 3.60. The molecule has 0 aliphatic carbocycles. The predicted molar refractivity (Wildman–Crippen MR) is 53.8 cm³/mol. The SMILES string of the molecule is CCOC(=O)C(C#N)=C1NC(C)=CS1. The smallest absolute Gasteiger partial charge is 0.351 e. The zero-order valence-corrected chi connectivity index (χ0v) is 8.77. The van der Waals surface area contributed by atoms with E-state index in [9.17, 15) is 4.79 Å². The first-order valence-electron chi connectivity index (χ1n) is 4.11. The van der Waals surface area contributed by atoms with Crippen LogP contribution < -0.4 is 5.32 Å². The van der Waals surface area contributed by atoms with Crippen LogP contribution in [-0.4, -0.2) is 12.6 Å². The van der Waals surface area contributed by atoms with Crippen molar-refractivity contribution in [2.45, 2.75) is 13.8 Å². The molecule has 1 aliphatic heterocycles. The second-order valence-electron chi connectivity index (χ2n) is 2.58. The molecule has 0 aromatic rings. The molecular weight excluding hydrogens is 200 g/mol. The number of hydrogen-bond acceptors (Lipinski definition) is 5. The molecule has 1 rings (SSSR count). The average Bonchev–Trinajstić information content (AvgIpc) is 2.54. The molecule has 0 bridgehead atoms. The first kappa shape index (κ1) is 10.7. The molecule has 0 unspecified atom stereocenters. The highest BCUT2D eigenvalue weighted by Gasteiger charge is 2.19. The Morgan fingerprint density at radius 3 is 2.93 bits per heavy atom. The van der Waals surface area contributed by atoms with Crippen LogP contribution in [0.3, 0.4) is 0 Å². The van der Waals surface area contributed by atoms with E-state index in [1.807, 2.05) is 18.4 Å². The Morgan fingerprint density at radius 1 is 1.79 bits per heavy atom. The van der Waals surface area contributed by atoms with E-state index in [0.717, 1.165) is 5.70 Å². The number of ether oxygens (including phenoxy) is 1. The van der Waals surface area contributed by atoms with E-state index < -0.39 is 5.97 Å². The lowest BCUT2D eigenvalue weighted by molar-refractivity contribution is -0.138. The number of hydrogen-bond donors (Lipinski definition) is 1. The van der Waals surface area contributed by atoms with Gasteiger partial charge in [-0.15, -0.1) is 0 Å². The number of carbonyl (C=O) groups is 1. The van der Waals surface area contributed by atoms with Gasteiger partial charge in [0, 0.05) is 5.70 Å². The van der Waals surface area contributed by atoms with Gasteiger partial charge in [0.25, 0.3) is 0 Å². The fourth-order valence-corrected chi connectivity index (χ4v) is 1.72. The van der Waals surface area contributed by atoms with Crippen LogP contribution in [0.15, 0.2) is 21.7 Å². The second-order valence-corrected chi connectivity index (χ2v) is 3.46. The number of nitrogens with one attached hydrogen (secondary N) is 1. The lowest BCUT2D eigenvalue weighted by atomic mass is 10.3. The number of nitriles is 1. The molecule has 74 valence electrons. The number of esters is 1. The Labute approximate surface area is 86.6 Å². The zero-order valence-electron chi connectivity index (χ0n) is 7.96. The molecule has 4 nitrogen and oxygen atoms in total. The molecule has 0 aromatic heterocycles. The van der Waals surface area contributed by atoms with Gasteiger partial charge in [-0.25, -0.2) is 4.79 Å². The second kappa shape index (κ2) is 4.72. The van der Waals surface area contributed by atoms with Gasteiger partial charge in [-0.1, -0.05) is 11.8 Å². The van der Waals surface area contributed by atoms with Crippen molar-refractivity contribution >= 4 is 17.7 Å². The zero-order chi connectivity index (χ0) is 10.6. The van der Waals surface area contributed by atoms with Gasteiger partial charge < -0.3 is 10.1 Å². The van der Waals surface area contributed by atoms with Crippen LogP contribution >= 0.6 is 11.8 Å². The maximum atomic E-state index is 11.3. The minimum Gasteiger partial charge on any atom is -0.462 e. The van der Waals surface area contributed by atoms with Crippen LogP contribution in [0.2, 0.25) is 0 Å². The lowest BCUT2D eigenvalue weighted by Crippen LogP contribution is -2.13. The summed E-state index contributed by atoms with van der Waals surface area (Å²) in [6.45, 7) is 3.84. The molecule has 0 radical (unpaired) electrons. The van der Waals surface area contributed by atoms with Crippen LogP contribution in [0.25, 0.3) is 0 Å². The van der Waals surface area contributed by atoms with Crippen LogP contribution in [-0.2, 0) is 9.53 Å². The maximum absolute atomic E-state index is 11.3. The molecule has 0 spiro atoms. The minimum absolute atomic E-state index is 0.0324. The highest BCUT2D eigenvalue weighted by atomic mass is 32.2. The predicted octanol–water partition coefficient (Wildman–Crippen LogP) is 1.48. The van der Waals surface area contributed by atoms with E-state index in [-0.39, 0.29) is 12.2 Å². The summed E-state index contributed by atoms with van der Waals surface area (Å²) < 4.78 is 4.75. The Hall–Kier alpha value is -1.41. The largest absolute Gasteiger partial charge is 0.462 e. The average molecular weight is 210 g/mol. The highest BCUT2D eigenvalue weighted by Crippen LogP contribution is 2.26. The molecule has 0 amide bonds. The maximum Gasteiger partial charge on any atom is 0.351 e. The summed E-state index contributed by atoms with van der Waals surface area (Å²) in [5.41, 5.74) is 0.951. The quantitative estimate of drug-likeness (QED) is 0.425. The molecule has 0 fully saturated rings. The normalized spacial score (nSPS) is 17.9. The third-order valence-electron chi connectivity index (χ3n) is 1.48. The number of rotatable bonds is 2. The molecule has 1 aliphatic rings. The number of carbonyl (C=O) groups excluding carboxylic acids is 1. The van der Waals surface area contributed by atoms with Gasteiger partial charge in [-0.2, -0.15) is 5.26 Å². The van der Waals surface area contributed by atoms with Crippen LogP contribution in [0, 0.1) is 11.3 Å². The minimum atomic E-state index is -0.576. The highest BCUT2D eigenvalue weighted by molar-refractivity contribution is 8.06. The molecule has 1 N–H and O–H groups in total. The van der Waals surface area contributed by atoms with E-state index in [1.54, 1.807) is 6.92 Å².